The number of carbonyl (C=O) groups excluding carboxylic acids is 1. The number of hydrogen-bond donors (Lipinski definition) is 2. The fraction of sp³-hybridized carbons (Fsp3) is 0.500. The van der Waals surface area contributed by atoms with Gasteiger partial charge in [-0.3, -0.25) is 4.79 Å². The van der Waals surface area contributed by atoms with Gasteiger partial charge in [-0.05, 0) is 43.5 Å². The van der Waals surface area contributed by atoms with Crippen molar-refractivity contribution in [2.75, 3.05) is 11.9 Å². The van der Waals surface area contributed by atoms with Crippen molar-refractivity contribution < 1.29 is 4.79 Å². The highest BCUT2D eigenvalue weighted by atomic mass is 16.1. The molecule has 0 aliphatic carbocycles. The summed E-state index contributed by atoms with van der Waals surface area (Å²) in [6, 6.07) is 8.42. The van der Waals surface area contributed by atoms with Crippen molar-refractivity contribution >= 4 is 11.6 Å². The fourth-order valence-corrected chi connectivity index (χ4v) is 2.24. The van der Waals surface area contributed by atoms with Gasteiger partial charge in [0.05, 0.1) is 0 Å². The minimum atomic E-state index is 0.109. The zero-order valence-electron chi connectivity index (χ0n) is 10.3. The number of anilines is 1. The summed E-state index contributed by atoms with van der Waals surface area (Å²) >= 11 is 0. The van der Waals surface area contributed by atoms with Crippen LogP contribution in [0.5, 0.6) is 0 Å². The van der Waals surface area contributed by atoms with Crippen LogP contribution in [-0.4, -0.2) is 18.5 Å². The maximum Gasteiger partial charge on any atom is 0.225 e. The van der Waals surface area contributed by atoms with Crippen LogP contribution >= 0.6 is 0 Å². The fourth-order valence-electron chi connectivity index (χ4n) is 2.24. The quantitative estimate of drug-likeness (QED) is 0.836. The molecule has 1 aromatic rings. The van der Waals surface area contributed by atoms with Gasteiger partial charge in [0.25, 0.3) is 0 Å². The van der Waals surface area contributed by atoms with Gasteiger partial charge in [-0.1, -0.05) is 19.1 Å². The van der Waals surface area contributed by atoms with Gasteiger partial charge < -0.3 is 10.6 Å². The van der Waals surface area contributed by atoms with Crippen molar-refractivity contribution in [3.8, 4) is 0 Å². The zero-order valence-corrected chi connectivity index (χ0v) is 10.3. The van der Waals surface area contributed by atoms with Gasteiger partial charge >= 0.3 is 0 Å². The predicted octanol–water partition coefficient (Wildman–Crippen LogP) is 2.33. The minimum Gasteiger partial charge on any atom is -0.326 e. The standard InChI is InChI=1S/C14H20N2O/c1-2-11-5-3-6-13(9-11)16-14(17)10-12-7-4-8-15-12/h3,5-6,9,12,15H,2,4,7-8,10H2,1H3,(H,16,17). The van der Waals surface area contributed by atoms with E-state index in [4.69, 9.17) is 0 Å². The first kappa shape index (κ1) is 12.1. The Morgan fingerprint density at radius 3 is 3.12 bits per heavy atom. The van der Waals surface area contributed by atoms with E-state index >= 15 is 0 Å². The van der Waals surface area contributed by atoms with E-state index in [9.17, 15) is 4.79 Å². The summed E-state index contributed by atoms with van der Waals surface area (Å²) in [7, 11) is 0. The molecule has 92 valence electrons. The van der Waals surface area contributed by atoms with Crippen LogP contribution in [0.3, 0.4) is 0 Å². The lowest BCUT2D eigenvalue weighted by Gasteiger charge is -2.11. The molecule has 1 saturated heterocycles. The first-order chi connectivity index (χ1) is 8.28. The van der Waals surface area contributed by atoms with Crippen molar-refractivity contribution in [2.45, 2.75) is 38.6 Å². The third-order valence-electron chi connectivity index (χ3n) is 3.21. The average molecular weight is 232 g/mol. The summed E-state index contributed by atoms with van der Waals surface area (Å²) < 4.78 is 0. The number of nitrogens with one attached hydrogen (secondary N) is 2. The number of hydrogen-bond acceptors (Lipinski definition) is 2. The van der Waals surface area contributed by atoms with Crippen LogP contribution in [0.4, 0.5) is 5.69 Å². The Morgan fingerprint density at radius 1 is 1.53 bits per heavy atom. The molecule has 0 aromatic heterocycles. The minimum absolute atomic E-state index is 0.109. The summed E-state index contributed by atoms with van der Waals surface area (Å²) in [5.74, 6) is 0.109. The number of benzene rings is 1. The summed E-state index contributed by atoms with van der Waals surface area (Å²) in [6.07, 6.45) is 3.87. The highest BCUT2D eigenvalue weighted by Gasteiger charge is 2.17. The highest BCUT2D eigenvalue weighted by molar-refractivity contribution is 5.91. The third kappa shape index (κ3) is 3.56. The molecular weight excluding hydrogens is 212 g/mol. The average Bonchev–Trinajstić information content (AvgIpc) is 2.82. The lowest BCUT2D eigenvalue weighted by Crippen LogP contribution is -2.27. The van der Waals surface area contributed by atoms with Gasteiger partial charge in [-0.2, -0.15) is 0 Å². The van der Waals surface area contributed by atoms with Crippen molar-refractivity contribution in [3.63, 3.8) is 0 Å². The van der Waals surface area contributed by atoms with E-state index in [-0.39, 0.29) is 5.91 Å². The second-order valence-corrected chi connectivity index (χ2v) is 4.60. The molecule has 1 aliphatic heterocycles. The van der Waals surface area contributed by atoms with Crippen LogP contribution in [0.2, 0.25) is 0 Å². The first-order valence-corrected chi connectivity index (χ1v) is 6.40. The Morgan fingerprint density at radius 2 is 2.41 bits per heavy atom. The molecule has 3 heteroatoms. The second kappa shape index (κ2) is 5.82. The molecule has 1 amide bonds. The largest absolute Gasteiger partial charge is 0.326 e. The van der Waals surface area contributed by atoms with Crippen molar-refractivity contribution in [3.05, 3.63) is 29.8 Å². The summed E-state index contributed by atoms with van der Waals surface area (Å²) in [4.78, 5) is 11.8. The van der Waals surface area contributed by atoms with E-state index < -0.39 is 0 Å². The smallest absolute Gasteiger partial charge is 0.225 e. The topological polar surface area (TPSA) is 41.1 Å². The molecule has 0 bridgehead atoms. The van der Waals surface area contributed by atoms with E-state index in [0.29, 0.717) is 12.5 Å². The Balaban J connectivity index is 1.88. The molecule has 0 spiro atoms. The molecule has 3 nitrogen and oxygen atoms in total. The van der Waals surface area contributed by atoms with E-state index in [0.717, 1.165) is 25.1 Å². The Labute approximate surface area is 103 Å². The number of aryl methyl sites for hydroxylation is 1. The van der Waals surface area contributed by atoms with Crippen LogP contribution in [0, 0.1) is 0 Å². The molecule has 2 N–H and O–H groups in total. The lowest BCUT2D eigenvalue weighted by atomic mass is 10.1. The molecule has 0 saturated carbocycles. The molecule has 1 aromatic carbocycles. The van der Waals surface area contributed by atoms with E-state index in [1.807, 2.05) is 18.2 Å². The third-order valence-corrected chi connectivity index (χ3v) is 3.21. The molecule has 2 rings (SSSR count). The lowest BCUT2D eigenvalue weighted by molar-refractivity contribution is -0.116. The maximum absolute atomic E-state index is 11.8. The molecule has 1 fully saturated rings. The van der Waals surface area contributed by atoms with Crippen LogP contribution in [0.15, 0.2) is 24.3 Å². The van der Waals surface area contributed by atoms with Crippen molar-refractivity contribution in [1.29, 1.82) is 0 Å². The normalized spacial score (nSPS) is 19.2. The monoisotopic (exact) mass is 232 g/mol. The van der Waals surface area contributed by atoms with E-state index in [1.54, 1.807) is 0 Å². The van der Waals surface area contributed by atoms with Gasteiger partial charge in [0.1, 0.15) is 0 Å². The summed E-state index contributed by atoms with van der Waals surface area (Å²) in [6.45, 7) is 3.16. The van der Waals surface area contributed by atoms with Crippen LogP contribution < -0.4 is 10.6 Å². The molecule has 1 heterocycles. The molecule has 0 radical (unpaired) electrons. The Kier molecular flexibility index (Phi) is 4.15. The van der Waals surface area contributed by atoms with Crippen LogP contribution in [0.1, 0.15) is 31.7 Å². The summed E-state index contributed by atoms with van der Waals surface area (Å²) in [5, 5.41) is 6.30. The van der Waals surface area contributed by atoms with E-state index in [2.05, 4.69) is 23.6 Å². The molecule has 1 unspecified atom stereocenters. The second-order valence-electron chi connectivity index (χ2n) is 4.60. The molecule has 1 aliphatic rings. The molecule has 17 heavy (non-hydrogen) atoms. The SMILES string of the molecule is CCc1cccc(NC(=O)CC2CCCN2)c1. The maximum atomic E-state index is 11.8. The number of carbonyl (C=O) groups is 1. The van der Waals surface area contributed by atoms with Gasteiger partial charge in [0.15, 0.2) is 0 Å². The van der Waals surface area contributed by atoms with Gasteiger partial charge in [-0.15, -0.1) is 0 Å². The number of rotatable bonds is 4. The predicted molar refractivity (Wildman–Crippen MR) is 70.1 cm³/mol. The highest BCUT2D eigenvalue weighted by Crippen LogP contribution is 2.13. The van der Waals surface area contributed by atoms with E-state index in [1.165, 1.54) is 12.0 Å². The van der Waals surface area contributed by atoms with Crippen molar-refractivity contribution in [1.82, 2.24) is 5.32 Å². The Bertz CT molecular complexity index is 384. The van der Waals surface area contributed by atoms with Crippen LogP contribution in [-0.2, 0) is 11.2 Å². The van der Waals surface area contributed by atoms with Gasteiger partial charge in [-0.25, -0.2) is 0 Å². The Hall–Kier alpha value is -1.35. The summed E-state index contributed by atoms with van der Waals surface area (Å²) in [5.41, 5.74) is 2.16. The molecular formula is C14H20N2O. The zero-order chi connectivity index (χ0) is 12.1. The van der Waals surface area contributed by atoms with Crippen molar-refractivity contribution in [2.24, 2.45) is 0 Å². The number of amides is 1. The van der Waals surface area contributed by atoms with Crippen LogP contribution in [0.25, 0.3) is 0 Å². The van der Waals surface area contributed by atoms with Gasteiger partial charge in [0.2, 0.25) is 5.91 Å². The first-order valence-electron chi connectivity index (χ1n) is 6.40. The van der Waals surface area contributed by atoms with Gasteiger partial charge in [0, 0.05) is 18.2 Å². The molecule has 1 atom stereocenters.